The zero-order valence-corrected chi connectivity index (χ0v) is 32.6. The van der Waals surface area contributed by atoms with Gasteiger partial charge in [0.25, 0.3) is 0 Å². The number of ether oxygens (including phenoxy) is 2. The van der Waals surface area contributed by atoms with Gasteiger partial charge in [0.15, 0.2) is 0 Å². The molecule has 272 valence electrons. The minimum Gasteiger partial charge on any atom is -0.497 e. The van der Waals surface area contributed by atoms with Crippen molar-refractivity contribution in [1.29, 1.82) is 0 Å². The molecule has 9 aromatic rings. The number of thiophene rings is 1. The van der Waals surface area contributed by atoms with E-state index in [1.807, 2.05) is 30.3 Å². The van der Waals surface area contributed by atoms with E-state index in [4.69, 9.17) is 9.47 Å². The fourth-order valence-electron chi connectivity index (χ4n) is 8.90. The SMILES string of the molecule is COc1ccc2c(c1)c1cc(OC)ccc1n2-c1ccc2c(c1)Cc1cc3ccc(-c4ccc5c(c4)-c4cc(-c6ccc(C)s6)ccc4S5(=O)=O)cc3cc1C2. The van der Waals surface area contributed by atoms with E-state index in [1.165, 1.54) is 37.9 Å². The molecule has 7 aromatic carbocycles. The number of hydrogen-bond acceptors (Lipinski definition) is 5. The van der Waals surface area contributed by atoms with Crippen LogP contribution in [-0.2, 0) is 22.7 Å². The Balaban J connectivity index is 0.944. The van der Waals surface area contributed by atoms with Gasteiger partial charge in [-0.15, -0.1) is 11.3 Å². The zero-order chi connectivity index (χ0) is 37.9. The van der Waals surface area contributed by atoms with E-state index in [0.717, 1.165) is 84.5 Å². The van der Waals surface area contributed by atoms with E-state index in [-0.39, 0.29) is 0 Å². The lowest BCUT2D eigenvalue weighted by molar-refractivity contribution is 0.415. The lowest BCUT2D eigenvalue weighted by Gasteiger charge is -2.22. The first-order valence-electron chi connectivity index (χ1n) is 18.7. The van der Waals surface area contributed by atoms with Crippen LogP contribution in [0.5, 0.6) is 11.5 Å². The summed E-state index contributed by atoms with van der Waals surface area (Å²) in [7, 11) is -0.166. The van der Waals surface area contributed by atoms with Gasteiger partial charge in [-0.1, -0.05) is 42.5 Å². The average molecular weight is 766 g/mol. The predicted octanol–water partition coefficient (Wildman–Crippen LogP) is 12.0. The lowest BCUT2D eigenvalue weighted by Crippen LogP contribution is -2.08. The van der Waals surface area contributed by atoms with Crippen molar-refractivity contribution in [3.05, 3.63) is 161 Å². The third-order valence-corrected chi connectivity index (χ3v) is 14.7. The van der Waals surface area contributed by atoms with Gasteiger partial charge in [0, 0.05) is 37.3 Å². The van der Waals surface area contributed by atoms with Crippen LogP contribution in [0.25, 0.3) is 71.0 Å². The summed E-state index contributed by atoms with van der Waals surface area (Å²) < 4.78 is 40.7. The van der Waals surface area contributed by atoms with E-state index < -0.39 is 9.84 Å². The highest BCUT2D eigenvalue weighted by atomic mass is 32.2. The number of benzene rings is 7. The Morgan fingerprint density at radius 2 is 1.12 bits per heavy atom. The molecule has 1 aliphatic carbocycles. The first kappa shape index (κ1) is 33.2. The van der Waals surface area contributed by atoms with Crippen LogP contribution >= 0.6 is 11.3 Å². The smallest absolute Gasteiger partial charge is 0.207 e. The predicted molar refractivity (Wildman–Crippen MR) is 228 cm³/mol. The number of fused-ring (bicyclic) bond motifs is 9. The maximum Gasteiger partial charge on any atom is 0.207 e. The number of methoxy groups -OCH3 is 2. The van der Waals surface area contributed by atoms with Crippen LogP contribution in [-0.4, -0.2) is 27.2 Å². The molecule has 0 N–H and O–H groups in total. The fourth-order valence-corrected chi connectivity index (χ4v) is 11.4. The molecule has 7 heteroatoms. The second-order valence-corrected chi connectivity index (χ2v) is 18.1. The van der Waals surface area contributed by atoms with Gasteiger partial charge in [-0.25, -0.2) is 8.42 Å². The Bertz CT molecular complexity index is 3200. The van der Waals surface area contributed by atoms with Crippen molar-refractivity contribution in [3.8, 4) is 49.9 Å². The molecule has 11 rings (SSSR count). The van der Waals surface area contributed by atoms with Crippen LogP contribution in [0.1, 0.15) is 27.1 Å². The van der Waals surface area contributed by atoms with Crippen LogP contribution in [0, 0.1) is 6.92 Å². The Morgan fingerprint density at radius 1 is 0.536 bits per heavy atom. The van der Waals surface area contributed by atoms with Crippen molar-refractivity contribution in [2.24, 2.45) is 0 Å². The molecule has 0 saturated heterocycles. The molecule has 0 spiro atoms. The highest BCUT2D eigenvalue weighted by Crippen LogP contribution is 2.47. The number of sulfone groups is 1. The molecule has 0 amide bonds. The first-order valence-corrected chi connectivity index (χ1v) is 21.0. The van der Waals surface area contributed by atoms with E-state index >= 15 is 0 Å². The second kappa shape index (κ2) is 12.2. The molecule has 0 radical (unpaired) electrons. The van der Waals surface area contributed by atoms with E-state index in [0.29, 0.717) is 9.79 Å². The standard InChI is InChI=1S/C49H35NO4S2/c1-28-4-15-47(55-28)33-9-17-49-44(25-33)43-24-32(8-16-48(43)56(49,51)52)29-5-6-30-19-36-22-37-23-38(10-7-31(37)20-35(36)21-34(30)18-29)50-45-13-11-39(53-2)26-41(45)42-27-40(54-3)12-14-46(42)50/h4-19,21,23-27H,20,22H2,1-3H3. The monoisotopic (exact) mass is 765 g/mol. The largest absolute Gasteiger partial charge is 0.497 e. The van der Waals surface area contributed by atoms with Crippen LogP contribution in [0.2, 0.25) is 0 Å². The quantitative estimate of drug-likeness (QED) is 0.175. The molecule has 5 nitrogen and oxygen atoms in total. The molecule has 2 aromatic heterocycles. The Kier molecular flexibility index (Phi) is 7.22. The highest BCUT2D eigenvalue weighted by molar-refractivity contribution is 7.92. The number of aryl methyl sites for hydroxylation is 1. The minimum atomic E-state index is -3.57. The molecule has 56 heavy (non-hydrogen) atoms. The van der Waals surface area contributed by atoms with Gasteiger partial charge in [-0.2, -0.15) is 0 Å². The summed E-state index contributed by atoms with van der Waals surface area (Å²) in [5, 5.41) is 4.63. The summed E-state index contributed by atoms with van der Waals surface area (Å²) in [6.07, 6.45) is 1.73. The molecule has 2 aliphatic rings. The van der Waals surface area contributed by atoms with Gasteiger partial charge in [0.2, 0.25) is 9.84 Å². The Hall–Kier alpha value is -6.15. The topological polar surface area (TPSA) is 57.5 Å². The summed E-state index contributed by atoms with van der Waals surface area (Å²) in [4.78, 5) is 3.13. The first-order chi connectivity index (χ1) is 27.2. The molecule has 0 saturated carbocycles. The molecule has 3 heterocycles. The van der Waals surface area contributed by atoms with E-state index in [9.17, 15) is 8.42 Å². The molecule has 1 aliphatic heterocycles. The molecular weight excluding hydrogens is 731 g/mol. The summed E-state index contributed by atoms with van der Waals surface area (Å²) in [5.74, 6) is 1.65. The summed E-state index contributed by atoms with van der Waals surface area (Å²) >= 11 is 1.72. The van der Waals surface area contributed by atoms with Crippen molar-refractivity contribution in [2.75, 3.05) is 14.2 Å². The Labute approximate surface area is 328 Å². The van der Waals surface area contributed by atoms with Crippen molar-refractivity contribution < 1.29 is 17.9 Å². The van der Waals surface area contributed by atoms with Crippen molar-refractivity contribution in [3.63, 3.8) is 0 Å². The third kappa shape index (κ3) is 5.01. The van der Waals surface area contributed by atoms with Crippen molar-refractivity contribution in [2.45, 2.75) is 29.6 Å². The van der Waals surface area contributed by atoms with Gasteiger partial charge in [0.1, 0.15) is 11.5 Å². The summed E-state index contributed by atoms with van der Waals surface area (Å²) in [6, 6.07) is 46.5. The molecule has 0 fully saturated rings. The van der Waals surface area contributed by atoms with Gasteiger partial charge in [-0.3, -0.25) is 0 Å². The molecule has 0 bridgehead atoms. The maximum absolute atomic E-state index is 13.6. The second-order valence-electron chi connectivity index (χ2n) is 14.9. The van der Waals surface area contributed by atoms with E-state index in [1.54, 1.807) is 37.7 Å². The fraction of sp³-hybridized carbons (Fsp3) is 0.102. The Morgan fingerprint density at radius 3 is 1.79 bits per heavy atom. The minimum absolute atomic E-state index is 0.381. The van der Waals surface area contributed by atoms with Gasteiger partial charge in [0.05, 0.1) is 35.0 Å². The number of hydrogen-bond donors (Lipinski definition) is 0. The average Bonchev–Trinajstić information content (AvgIpc) is 3.87. The van der Waals surface area contributed by atoms with Crippen LogP contribution in [0.15, 0.2) is 143 Å². The van der Waals surface area contributed by atoms with E-state index in [2.05, 4.69) is 102 Å². The highest BCUT2D eigenvalue weighted by Gasteiger charge is 2.33. The molecule has 0 atom stereocenters. The number of aromatic nitrogens is 1. The number of nitrogens with zero attached hydrogens (tertiary/aromatic N) is 1. The van der Waals surface area contributed by atoms with Crippen LogP contribution in [0.4, 0.5) is 0 Å². The van der Waals surface area contributed by atoms with Crippen molar-refractivity contribution in [1.82, 2.24) is 4.57 Å². The van der Waals surface area contributed by atoms with Crippen molar-refractivity contribution >= 4 is 53.8 Å². The molecular formula is C49H35NO4S2. The zero-order valence-electron chi connectivity index (χ0n) is 31.0. The summed E-state index contributed by atoms with van der Waals surface area (Å²) in [5.41, 5.74) is 13.4. The van der Waals surface area contributed by atoms with Gasteiger partial charge < -0.3 is 14.0 Å². The van der Waals surface area contributed by atoms with Gasteiger partial charge >= 0.3 is 0 Å². The van der Waals surface area contributed by atoms with Crippen LogP contribution < -0.4 is 9.47 Å². The lowest BCUT2D eigenvalue weighted by atomic mass is 9.84. The molecule has 0 unspecified atom stereocenters. The summed E-state index contributed by atoms with van der Waals surface area (Å²) in [6.45, 7) is 2.09. The number of rotatable bonds is 5. The normalized spacial score (nSPS) is 13.8. The van der Waals surface area contributed by atoms with Crippen LogP contribution in [0.3, 0.4) is 0 Å². The maximum atomic E-state index is 13.6. The third-order valence-electron chi connectivity index (χ3n) is 11.7. The van der Waals surface area contributed by atoms with Gasteiger partial charge in [-0.05, 0) is 160 Å².